The van der Waals surface area contributed by atoms with Crippen molar-refractivity contribution >= 4 is 11.9 Å². The minimum Gasteiger partial charge on any atom is -0.466 e. The average Bonchev–Trinajstić information content (AvgIpc) is 3.28. The minimum atomic E-state index is -0.669. The summed E-state index contributed by atoms with van der Waals surface area (Å²) in [5, 5.41) is 23.3. The molecule has 1 amide bonds. The molecule has 0 radical (unpaired) electrons. The lowest BCUT2D eigenvalue weighted by Gasteiger charge is -2.22. The molecule has 0 aliphatic rings. The molecule has 0 rings (SSSR count). The first-order valence-electron chi connectivity index (χ1n) is 28.8. The fourth-order valence-electron chi connectivity index (χ4n) is 9.23. The van der Waals surface area contributed by atoms with Crippen LogP contribution in [0.25, 0.3) is 0 Å². The van der Waals surface area contributed by atoms with Crippen LogP contribution in [0.3, 0.4) is 0 Å². The van der Waals surface area contributed by atoms with Crippen LogP contribution in [0.4, 0.5) is 0 Å². The zero-order chi connectivity index (χ0) is 45.8. The number of nitrogens with one attached hydrogen (secondary N) is 1. The lowest BCUT2D eigenvalue weighted by atomic mass is 10.0. The second-order valence-corrected chi connectivity index (χ2v) is 20.0. The number of aliphatic hydroxyl groups is 2. The molecule has 0 aromatic carbocycles. The number of hydrogen-bond acceptors (Lipinski definition) is 5. The average molecular weight is 893 g/mol. The standard InChI is InChI=1S/C57H113NO5/c1-3-5-7-9-11-13-15-16-17-18-19-20-21-23-26-30-33-37-41-45-49-55(60)54(53-59)58-56(61)50-46-42-38-34-31-27-24-22-25-28-32-36-40-44-48-52-63-57(62)51-47-43-39-35-29-14-12-10-8-6-4-2/h54-55,59-60H,3-53H2,1-2H3,(H,58,61). The van der Waals surface area contributed by atoms with Gasteiger partial charge in [0.1, 0.15) is 0 Å². The third-order valence-electron chi connectivity index (χ3n) is 13.7. The van der Waals surface area contributed by atoms with Crippen molar-refractivity contribution in [1.82, 2.24) is 5.32 Å². The molecule has 0 heterocycles. The van der Waals surface area contributed by atoms with Crippen molar-refractivity contribution in [3.63, 3.8) is 0 Å². The Labute approximate surface area is 394 Å². The van der Waals surface area contributed by atoms with Crippen LogP contribution in [0, 0.1) is 0 Å². The first-order valence-corrected chi connectivity index (χ1v) is 28.8. The van der Waals surface area contributed by atoms with E-state index >= 15 is 0 Å². The molecule has 0 aliphatic heterocycles. The summed E-state index contributed by atoms with van der Waals surface area (Å²) >= 11 is 0. The van der Waals surface area contributed by atoms with E-state index in [0.717, 1.165) is 44.9 Å². The van der Waals surface area contributed by atoms with Crippen LogP contribution >= 0.6 is 0 Å². The van der Waals surface area contributed by atoms with E-state index in [1.54, 1.807) is 0 Å². The fourth-order valence-corrected chi connectivity index (χ4v) is 9.23. The lowest BCUT2D eigenvalue weighted by molar-refractivity contribution is -0.143. The minimum absolute atomic E-state index is 0.00151. The number of unbranched alkanes of at least 4 members (excludes halogenated alkanes) is 43. The first-order chi connectivity index (χ1) is 31.0. The van der Waals surface area contributed by atoms with Gasteiger partial charge in [-0.3, -0.25) is 9.59 Å². The van der Waals surface area contributed by atoms with E-state index in [1.165, 1.54) is 250 Å². The predicted molar refractivity (Wildman–Crippen MR) is 274 cm³/mol. The zero-order valence-electron chi connectivity index (χ0n) is 42.8. The summed E-state index contributed by atoms with van der Waals surface area (Å²) in [5.41, 5.74) is 0. The zero-order valence-corrected chi connectivity index (χ0v) is 42.8. The highest BCUT2D eigenvalue weighted by Gasteiger charge is 2.20. The van der Waals surface area contributed by atoms with Gasteiger partial charge in [-0.1, -0.05) is 290 Å². The molecular formula is C57H113NO5. The Morgan fingerprint density at radius 2 is 0.651 bits per heavy atom. The summed E-state index contributed by atoms with van der Waals surface area (Å²) in [6.45, 7) is 4.96. The smallest absolute Gasteiger partial charge is 0.305 e. The molecule has 6 nitrogen and oxygen atoms in total. The van der Waals surface area contributed by atoms with Gasteiger partial charge in [-0.25, -0.2) is 0 Å². The molecule has 0 spiro atoms. The highest BCUT2D eigenvalue weighted by atomic mass is 16.5. The van der Waals surface area contributed by atoms with Crippen LogP contribution < -0.4 is 5.32 Å². The number of carbonyl (C=O) groups excluding carboxylic acids is 2. The second kappa shape index (κ2) is 53.5. The molecule has 0 aliphatic carbocycles. The number of rotatable bonds is 54. The molecule has 0 aromatic heterocycles. The largest absolute Gasteiger partial charge is 0.466 e. The quantitative estimate of drug-likeness (QED) is 0.0418. The van der Waals surface area contributed by atoms with E-state index in [4.69, 9.17) is 4.74 Å². The van der Waals surface area contributed by atoms with Gasteiger partial charge < -0.3 is 20.3 Å². The van der Waals surface area contributed by atoms with Crippen molar-refractivity contribution in [2.24, 2.45) is 0 Å². The second-order valence-electron chi connectivity index (χ2n) is 20.0. The van der Waals surface area contributed by atoms with Gasteiger partial charge >= 0.3 is 5.97 Å². The monoisotopic (exact) mass is 892 g/mol. The number of hydrogen-bond donors (Lipinski definition) is 3. The van der Waals surface area contributed by atoms with Crippen molar-refractivity contribution in [2.45, 2.75) is 341 Å². The number of amides is 1. The number of ether oxygens (including phenoxy) is 1. The van der Waals surface area contributed by atoms with Crippen LogP contribution in [0.1, 0.15) is 328 Å². The number of carbonyl (C=O) groups is 2. The molecule has 63 heavy (non-hydrogen) atoms. The molecule has 0 fully saturated rings. The van der Waals surface area contributed by atoms with Gasteiger partial charge in [0, 0.05) is 12.8 Å². The van der Waals surface area contributed by atoms with Gasteiger partial charge in [-0.15, -0.1) is 0 Å². The highest BCUT2D eigenvalue weighted by molar-refractivity contribution is 5.76. The maximum absolute atomic E-state index is 12.5. The van der Waals surface area contributed by atoms with Gasteiger partial charge in [0.05, 0.1) is 25.4 Å². The van der Waals surface area contributed by atoms with Crippen molar-refractivity contribution in [3.05, 3.63) is 0 Å². The number of aliphatic hydroxyl groups excluding tert-OH is 2. The Morgan fingerprint density at radius 3 is 0.968 bits per heavy atom. The maximum atomic E-state index is 12.5. The molecule has 0 saturated heterocycles. The maximum Gasteiger partial charge on any atom is 0.305 e. The first kappa shape index (κ1) is 61.9. The molecule has 3 N–H and O–H groups in total. The SMILES string of the molecule is CCCCCCCCCCCCCCCCCCCCCCC(O)C(CO)NC(=O)CCCCCCCCCCCCCCCCCOC(=O)CCCCCCCCCCCCC. The van der Waals surface area contributed by atoms with Crippen molar-refractivity contribution in [3.8, 4) is 0 Å². The Hall–Kier alpha value is -1.14. The molecule has 0 saturated carbocycles. The summed E-state index contributed by atoms with van der Waals surface area (Å²) in [6, 6.07) is -0.547. The van der Waals surface area contributed by atoms with Gasteiger partial charge in [0.25, 0.3) is 0 Å². The van der Waals surface area contributed by atoms with E-state index in [0.29, 0.717) is 25.9 Å². The third-order valence-corrected chi connectivity index (χ3v) is 13.7. The molecule has 0 bridgehead atoms. The van der Waals surface area contributed by atoms with Crippen LogP contribution in [0.2, 0.25) is 0 Å². The van der Waals surface area contributed by atoms with Crippen LogP contribution in [-0.2, 0) is 14.3 Å². The van der Waals surface area contributed by atoms with E-state index in [2.05, 4.69) is 19.2 Å². The van der Waals surface area contributed by atoms with Gasteiger partial charge in [-0.05, 0) is 25.7 Å². The Morgan fingerprint density at radius 1 is 0.381 bits per heavy atom. The normalized spacial score (nSPS) is 12.5. The summed E-state index contributed by atoms with van der Waals surface area (Å²) < 4.78 is 5.46. The van der Waals surface area contributed by atoms with Crippen LogP contribution in [0.5, 0.6) is 0 Å². The Kier molecular flexibility index (Phi) is 52.5. The molecule has 2 atom stereocenters. The summed E-state index contributed by atoms with van der Waals surface area (Å²) in [5.74, 6) is -0.0380. The van der Waals surface area contributed by atoms with Crippen LogP contribution in [0.15, 0.2) is 0 Å². The summed E-state index contributed by atoms with van der Waals surface area (Å²) in [4.78, 5) is 24.5. The molecule has 2 unspecified atom stereocenters. The highest BCUT2D eigenvalue weighted by Crippen LogP contribution is 2.18. The van der Waals surface area contributed by atoms with E-state index in [9.17, 15) is 19.8 Å². The van der Waals surface area contributed by atoms with Crippen LogP contribution in [-0.4, -0.2) is 47.4 Å². The molecular weight excluding hydrogens is 779 g/mol. The molecule has 376 valence electrons. The van der Waals surface area contributed by atoms with Crippen molar-refractivity contribution < 1.29 is 24.5 Å². The summed E-state index contributed by atoms with van der Waals surface area (Å²) in [6.07, 6.45) is 60.9. The van der Waals surface area contributed by atoms with Gasteiger partial charge in [0.2, 0.25) is 5.91 Å². The van der Waals surface area contributed by atoms with Gasteiger partial charge in [-0.2, -0.15) is 0 Å². The predicted octanol–water partition coefficient (Wildman–Crippen LogP) is 17.5. The molecule has 6 heteroatoms. The Bertz CT molecular complexity index is 898. The van der Waals surface area contributed by atoms with Crippen molar-refractivity contribution in [1.29, 1.82) is 0 Å². The summed E-state index contributed by atoms with van der Waals surface area (Å²) in [7, 11) is 0. The number of esters is 1. The van der Waals surface area contributed by atoms with Gasteiger partial charge in [0.15, 0.2) is 0 Å². The molecule has 0 aromatic rings. The van der Waals surface area contributed by atoms with Crippen molar-refractivity contribution in [2.75, 3.05) is 13.2 Å². The van der Waals surface area contributed by atoms with E-state index in [-0.39, 0.29) is 18.5 Å². The fraction of sp³-hybridized carbons (Fsp3) is 0.965. The Balaban J connectivity index is 3.43. The third kappa shape index (κ3) is 50.1. The van der Waals surface area contributed by atoms with E-state index < -0.39 is 12.1 Å². The van der Waals surface area contributed by atoms with E-state index in [1.807, 2.05) is 0 Å². The lowest BCUT2D eigenvalue weighted by Crippen LogP contribution is -2.45. The topological polar surface area (TPSA) is 95.9 Å².